The number of aromatic nitrogens is 1. The second-order valence-electron chi connectivity index (χ2n) is 3.45. The summed E-state index contributed by atoms with van der Waals surface area (Å²) in [6.45, 7) is 3.73. The fourth-order valence-electron chi connectivity index (χ4n) is 1.59. The molecule has 0 amide bonds. The van der Waals surface area contributed by atoms with E-state index in [1.165, 1.54) is 6.20 Å². The number of carbonyl (C=O) groups is 1. The third-order valence-corrected chi connectivity index (χ3v) is 2.44. The van der Waals surface area contributed by atoms with Gasteiger partial charge in [-0.2, -0.15) is 0 Å². The van der Waals surface area contributed by atoms with E-state index in [0.29, 0.717) is 0 Å². The van der Waals surface area contributed by atoms with Gasteiger partial charge in [-0.15, -0.1) is 0 Å². The summed E-state index contributed by atoms with van der Waals surface area (Å²) in [5, 5.41) is 12.0. The van der Waals surface area contributed by atoms with Gasteiger partial charge in [0.15, 0.2) is 0 Å². The monoisotopic (exact) mass is 231 g/mol. The number of aromatic carboxylic acids is 1. The van der Waals surface area contributed by atoms with Gasteiger partial charge >= 0.3 is 35.5 Å². The second kappa shape index (κ2) is 6.20. The van der Waals surface area contributed by atoms with E-state index >= 15 is 0 Å². The maximum Gasteiger partial charge on any atom is 1.00 e. The predicted molar refractivity (Wildman–Crippen MR) is 57.4 cm³/mol. The van der Waals surface area contributed by atoms with Gasteiger partial charge in [-0.05, 0) is 12.1 Å². The van der Waals surface area contributed by atoms with Crippen LogP contribution in [0.3, 0.4) is 0 Å². The Bertz CT molecular complexity index is 355. The van der Waals surface area contributed by atoms with Crippen LogP contribution in [0.2, 0.25) is 0 Å². The summed E-state index contributed by atoms with van der Waals surface area (Å²) in [6, 6.07) is 3.35. The van der Waals surface area contributed by atoms with Crippen LogP contribution in [-0.2, 0) is 0 Å². The molecule has 2 heterocycles. The van der Waals surface area contributed by atoms with Crippen molar-refractivity contribution in [3.63, 3.8) is 0 Å². The molecule has 2 N–H and O–H groups in total. The average molecular weight is 231 g/mol. The summed E-state index contributed by atoms with van der Waals surface area (Å²) in [6.07, 6.45) is 1.40. The number of carboxylic acid groups (broad SMARTS) is 1. The predicted octanol–water partition coefficient (Wildman–Crippen LogP) is -2.69. The summed E-state index contributed by atoms with van der Waals surface area (Å²) in [7, 11) is 0. The molecule has 0 radical (unpaired) electrons. The zero-order valence-corrected chi connectivity index (χ0v) is 11.3. The number of nitrogens with one attached hydrogen (secondary N) is 1. The van der Waals surface area contributed by atoms with Gasteiger partial charge in [-0.1, -0.05) is 0 Å². The zero-order valence-electron chi connectivity index (χ0n) is 10.3. The Hall–Kier alpha value is -0.620. The van der Waals surface area contributed by atoms with E-state index in [1.807, 2.05) is 0 Å². The first-order valence-electron chi connectivity index (χ1n) is 4.92. The molecule has 1 fully saturated rings. The molecule has 0 aliphatic carbocycles. The van der Waals surface area contributed by atoms with Gasteiger partial charge in [-0.3, -0.25) is 0 Å². The van der Waals surface area contributed by atoms with Crippen molar-refractivity contribution < 1.29 is 40.9 Å². The first-order valence-corrected chi connectivity index (χ1v) is 4.92. The Kier molecular flexibility index (Phi) is 5.21. The van der Waals surface area contributed by atoms with E-state index in [-0.39, 0.29) is 36.5 Å². The first-order chi connectivity index (χ1) is 7.27. The van der Waals surface area contributed by atoms with Crippen LogP contribution in [-0.4, -0.2) is 42.2 Å². The van der Waals surface area contributed by atoms with Crippen LogP contribution in [0.15, 0.2) is 18.3 Å². The van der Waals surface area contributed by atoms with Gasteiger partial charge in [0.05, 0.1) is 5.56 Å². The summed E-state index contributed by atoms with van der Waals surface area (Å²) in [4.78, 5) is 16.9. The Balaban J connectivity index is 0.00000128. The number of carboxylic acids is 1. The number of hydrogen-bond acceptors (Lipinski definition) is 4. The van der Waals surface area contributed by atoms with Crippen molar-refractivity contribution in [3.05, 3.63) is 23.9 Å². The SMILES string of the molecule is O=C(O)c1ccc(N2CCNCC2)nc1.[H-].[Na+]. The molecule has 1 aliphatic rings. The van der Waals surface area contributed by atoms with Crippen LogP contribution in [0, 0.1) is 0 Å². The topological polar surface area (TPSA) is 65.5 Å². The van der Waals surface area contributed by atoms with E-state index in [1.54, 1.807) is 12.1 Å². The normalized spacial score (nSPS) is 15.4. The number of nitrogens with zero attached hydrogens (tertiary/aromatic N) is 2. The Morgan fingerprint density at radius 2 is 2.12 bits per heavy atom. The number of rotatable bonds is 2. The third kappa shape index (κ3) is 3.18. The smallest absolute Gasteiger partial charge is 1.00 e. The summed E-state index contributed by atoms with van der Waals surface area (Å²) in [5.41, 5.74) is 0.230. The fraction of sp³-hybridized carbons (Fsp3) is 0.400. The molecule has 2 rings (SSSR count). The maximum atomic E-state index is 10.6. The minimum atomic E-state index is -0.936. The molecule has 0 saturated carbocycles. The molecule has 1 aliphatic heterocycles. The van der Waals surface area contributed by atoms with Crippen LogP contribution in [0.25, 0.3) is 0 Å². The quantitative estimate of drug-likeness (QED) is 0.542. The van der Waals surface area contributed by atoms with Crippen LogP contribution >= 0.6 is 0 Å². The number of hydrogen-bond donors (Lipinski definition) is 2. The zero-order chi connectivity index (χ0) is 10.7. The molecular formula is C10H14N3NaO2. The molecule has 0 aromatic carbocycles. The van der Waals surface area contributed by atoms with Crippen molar-refractivity contribution in [1.82, 2.24) is 10.3 Å². The van der Waals surface area contributed by atoms with E-state index < -0.39 is 5.97 Å². The first kappa shape index (κ1) is 13.4. The molecule has 1 saturated heterocycles. The van der Waals surface area contributed by atoms with Gasteiger partial charge in [0.1, 0.15) is 5.82 Å². The molecule has 5 nitrogen and oxygen atoms in total. The van der Waals surface area contributed by atoms with Crippen molar-refractivity contribution in [3.8, 4) is 0 Å². The van der Waals surface area contributed by atoms with Gasteiger partial charge < -0.3 is 16.7 Å². The number of anilines is 1. The molecule has 82 valence electrons. The molecule has 1 aromatic rings. The molecule has 0 bridgehead atoms. The van der Waals surface area contributed by atoms with Crippen molar-refractivity contribution >= 4 is 11.8 Å². The maximum absolute atomic E-state index is 10.6. The van der Waals surface area contributed by atoms with Crippen molar-refractivity contribution in [2.45, 2.75) is 0 Å². The number of piperazine rings is 1. The van der Waals surface area contributed by atoms with Crippen molar-refractivity contribution in [1.29, 1.82) is 0 Å². The van der Waals surface area contributed by atoms with Gasteiger partial charge in [0.2, 0.25) is 0 Å². The molecule has 6 heteroatoms. The molecule has 0 unspecified atom stereocenters. The van der Waals surface area contributed by atoms with Gasteiger partial charge in [0, 0.05) is 32.4 Å². The van der Waals surface area contributed by atoms with E-state index in [9.17, 15) is 4.79 Å². The van der Waals surface area contributed by atoms with E-state index in [4.69, 9.17) is 5.11 Å². The van der Waals surface area contributed by atoms with Crippen LogP contribution in [0.5, 0.6) is 0 Å². The van der Waals surface area contributed by atoms with Gasteiger partial charge in [0.25, 0.3) is 0 Å². The second-order valence-corrected chi connectivity index (χ2v) is 3.45. The van der Waals surface area contributed by atoms with Crippen LogP contribution in [0.4, 0.5) is 5.82 Å². The minimum Gasteiger partial charge on any atom is -1.00 e. The Labute approximate surface area is 118 Å². The molecule has 16 heavy (non-hydrogen) atoms. The Morgan fingerprint density at radius 1 is 1.44 bits per heavy atom. The molecule has 1 aromatic heterocycles. The van der Waals surface area contributed by atoms with E-state index in [2.05, 4.69) is 15.2 Å². The Morgan fingerprint density at radius 3 is 2.62 bits per heavy atom. The minimum absolute atomic E-state index is 0. The largest absolute Gasteiger partial charge is 1.00 e. The van der Waals surface area contributed by atoms with Crippen LogP contribution < -0.4 is 39.8 Å². The summed E-state index contributed by atoms with van der Waals surface area (Å²) in [5.74, 6) is -0.0872. The average Bonchev–Trinajstić information content (AvgIpc) is 2.30. The summed E-state index contributed by atoms with van der Waals surface area (Å²) >= 11 is 0. The van der Waals surface area contributed by atoms with Crippen LogP contribution in [0.1, 0.15) is 11.8 Å². The van der Waals surface area contributed by atoms with Crippen molar-refractivity contribution in [2.75, 3.05) is 31.1 Å². The third-order valence-electron chi connectivity index (χ3n) is 2.44. The number of pyridine rings is 1. The standard InChI is InChI=1S/C10H13N3O2.Na.H/c14-10(15)8-1-2-9(12-7-8)13-5-3-11-4-6-13;;/h1-2,7,11H,3-6H2,(H,14,15);;/q;+1;-1. The van der Waals surface area contributed by atoms with Gasteiger partial charge in [-0.25, -0.2) is 9.78 Å². The van der Waals surface area contributed by atoms with E-state index in [0.717, 1.165) is 32.0 Å². The molecular weight excluding hydrogens is 217 g/mol. The molecule has 0 atom stereocenters. The van der Waals surface area contributed by atoms with Crippen molar-refractivity contribution in [2.24, 2.45) is 0 Å². The summed E-state index contributed by atoms with van der Waals surface area (Å²) < 4.78 is 0. The molecule has 0 spiro atoms. The fourth-order valence-corrected chi connectivity index (χ4v) is 1.59.